The van der Waals surface area contributed by atoms with Gasteiger partial charge in [0.25, 0.3) is 0 Å². The first kappa shape index (κ1) is 22.7. The maximum atomic E-state index is 12.1. The SMILES string of the molecule is Cc1ccc(C)c(NC(=O)CCC(=O)N/N=C/c2cccc(OCc3ccccc3)c2)c1. The molecule has 3 rings (SSSR count). The van der Waals surface area contributed by atoms with Crippen LogP contribution in [0.15, 0.2) is 77.9 Å². The molecule has 3 aromatic rings. The van der Waals surface area contributed by atoms with Crippen molar-refractivity contribution < 1.29 is 14.3 Å². The third-order valence-electron chi connectivity index (χ3n) is 4.76. The van der Waals surface area contributed by atoms with Crippen molar-refractivity contribution >= 4 is 23.7 Å². The molecule has 0 radical (unpaired) electrons. The first-order valence-corrected chi connectivity index (χ1v) is 10.5. The fraction of sp³-hybridized carbons (Fsp3) is 0.192. The number of nitrogens with one attached hydrogen (secondary N) is 2. The highest BCUT2D eigenvalue weighted by Gasteiger charge is 2.08. The molecule has 6 heteroatoms. The Labute approximate surface area is 188 Å². The van der Waals surface area contributed by atoms with E-state index in [4.69, 9.17) is 4.74 Å². The smallest absolute Gasteiger partial charge is 0.240 e. The highest BCUT2D eigenvalue weighted by Crippen LogP contribution is 2.17. The molecule has 32 heavy (non-hydrogen) atoms. The number of amides is 2. The van der Waals surface area contributed by atoms with Crippen molar-refractivity contribution in [3.8, 4) is 5.75 Å². The van der Waals surface area contributed by atoms with Crippen LogP contribution in [0, 0.1) is 13.8 Å². The number of aryl methyl sites for hydroxylation is 2. The minimum Gasteiger partial charge on any atom is -0.489 e. The molecule has 0 aromatic heterocycles. The number of nitrogens with zero attached hydrogens (tertiary/aromatic N) is 1. The second-order valence-electron chi connectivity index (χ2n) is 7.51. The fourth-order valence-electron chi connectivity index (χ4n) is 2.97. The van der Waals surface area contributed by atoms with Crippen LogP contribution >= 0.6 is 0 Å². The van der Waals surface area contributed by atoms with Crippen molar-refractivity contribution in [2.45, 2.75) is 33.3 Å². The van der Waals surface area contributed by atoms with Gasteiger partial charge in [0.2, 0.25) is 11.8 Å². The zero-order valence-electron chi connectivity index (χ0n) is 18.3. The van der Waals surface area contributed by atoms with E-state index >= 15 is 0 Å². The Morgan fingerprint density at radius 3 is 2.50 bits per heavy atom. The molecule has 6 nitrogen and oxygen atoms in total. The van der Waals surface area contributed by atoms with Gasteiger partial charge in [-0.1, -0.05) is 54.6 Å². The molecule has 0 bridgehead atoms. The first-order valence-electron chi connectivity index (χ1n) is 10.5. The number of hydrogen-bond acceptors (Lipinski definition) is 4. The molecule has 2 amide bonds. The lowest BCUT2D eigenvalue weighted by Crippen LogP contribution is -2.20. The van der Waals surface area contributed by atoms with Gasteiger partial charge < -0.3 is 10.1 Å². The van der Waals surface area contributed by atoms with Crippen molar-refractivity contribution in [2.24, 2.45) is 5.10 Å². The van der Waals surface area contributed by atoms with Crippen LogP contribution in [-0.4, -0.2) is 18.0 Å². The summed E-state index contributed by atoms with van der Waals surface area (Å²) in [6.07, 6.45) is 1.68. The molecule has 0 aliphatic carbocycles. The van der Waals surface area contributed by atoms with Crippen molar-refractivity contribution in [1.29, 1.82) is 0 Å². The summed E-state index contributed by atoms with van der Waals surface area (Å²) in [5, 5.41) is 6.82. The van der Waals surface area contributed by atoms with E-state index in [2.05, 4.69) is 15.8 Å². The Hall–Kier alpha value is -3.93. The highest BCUT2D eigenvalue weighted by molar-refractivity contribution is 5.94. The number of rotatable bonds is 9. The number of carbonyl (C=O) groups excluding carboxylic acids is 2. The Morgan fingerprint density at radius 1 is 0.906 bits per heavy atom. The Bertz CT molecular complexity index is 1090. The molecule has 164 valence electrons. The molecule has 0 aliphatic rings. The summed E-state index contributed by atoms with van der Waals surface area (Å²) in [5.41, 5.74) is 7.15. The van der Waals surface area contributed by atoms with Gasteiger partial charge >= 0.3 is 0 Å². The summed E-state index contributed by atoms with van der Waals surface area (Å²) >= 11 is 0. The summed E-state index contributed by atoms with van der Waals surface area (Å²) in [6.45, 7) is 4.37. The highest BCUT2D eigenvalue weighted by atomic mass is 16.5. The van der Waals surface area contributed by atoms with Gasteiger partial charge in [0, 0.05) is 18.5 Å². The summed E-state index contributed by atoms with van der Waals surface area (Å²) in [5.74, 6) is 0.183. The Balaban J connectivity index is 1.42. The predicted molar refractivity (Wildman–Crippen MR) is 127 cm³/mol. The van der Waals surface area contributed by atoms with E-state index in [0.29, 0.717) is 12.4 Å². The van der Waals surface area contributed by atoms with Crippen LogP contribution in [0.4, 0.5) is 5.69 Å². The average molecular weight is 430 g/mol. The third kappa shape index (κ3) is 7.40. The number of hydrazone groups is 1. The van der Waals surface area contributed by atoms with Crippen LogP contribution in [0.1, 0.15) is 35.1 Å². The van der Waals surface area contributed by atoms with E-state index in [0.717, 1.165) is 27.9 Å². The van der Waals surface area contributed by atoms with E-state index < -0.39 is 0 Å². The van der Waals surface area contributed by atoms with E-state index in [9.17, 15) is 9.59 Å². The molecule has 0 spiro atoms. The maximum Gasteiger partial charge on any atom is 0.240 e. The summed E-state index contributed by atoms with van der Waals surface area (Å²) in [7, 11) is 0. The van der Waals surface area contributed by atoms with Crippen LogP contribution < -0.4 is 15.5 Å². The topological polar surface area (TPSA) is 79.8 Å². The number of anilines is 1. The van der Waals surface area contributed by atoms with E-state index in [1.165, 1.54) is 0 Å². The predicted octanol–water partition coefficient (Wildman–Crippen LogP) is 4.75. The number of carbonyl (C=O) groups is 2. The molecular formula is C26H27N3O3. The van der Waals surface area contributed by atoms with Gasteiger partial charge in [-0.25, -0.2) is 5.43 Å². The molecule has 0 heterocycles. The number of hydrogen-bond donors (Lipinski definition) is 2. The average Bonchev–Trinajstić information content (AvgIpc) is 2.80. The van der Waals surface area contributed by atoms with Crippen LogP contribution in [0.25, 0.3) is 0 Å². The van der Waals surface area contributed by atoms with Crippen LogP contribution in [0.2, 0.25) is 0 Å². The lowest BCUT2D eigenvalue weighted by Gasteiger charge is -2.09. The second kappa shape index (κ2) is 11.5. The van der Waals surface area contributed by atoms with Crippen LogP contribution in [0.5, 0.6) is 5.75 Å². The van der Waals surface area contributed by atoms with Gasteiger partial charge in [0.15, 0.2) is 0 Å². The van der Waals surface area contributed by atoms with Crippen molar-refractivity contribution in [3.63, 3.8) is 0 Å². The fourth-order valence-corrected chi connectivity index (χ4v) is 2.97. The summed E-state index contributed by atoms with van der Waals surface area (Å²) in [6, 6.07) is 23.2. The lowest BCUT2D eigenvalue weighted by molar-refractivity contribution is -0.124. The third-order valence-corrected chi connectivity index (χ3v) is 4.76. The molecule has 3 aromatic carbocycles. The largest absolute Gasteiger partial charge is 0.489 e. The quantitative estimate of drug-likeness (QED) is 0.380. The summed E-state index contributed by atoms with van der Waals surface area (Å²) in [4.78, 5) is 24.1. The van der Waals surface area contributed by atoms with E-state index in [1.54, 1.807) is 6.21 Å². The van der Waals surface area contributed by atoms with Crippen molar-refractivity contribution in [3.05, 3.63) is 95.1 Å². The normalized spacial score (nSPS) is 10.7. The molecule has 0 fully saturated rings. The Kier molecular flexibility index (Phi) is 8.15. The minimum absolute atomic E-state index is 0.0499. The number of ether oxygens (including phenoxy) is 1. The first-order chi connectivity index (χ1) is 15.5. The molecular weight excluding hydrogens is 402 g/mol. The second-order valence-corrected chi connectivity index (χ2v) is 7.51. The molecule has 0 atom stereocenters. The van der Waals surface area contributed by atoms with Crippen LogP contribution in [-0.2, 0) is 16.2 Å². The zero-order valence-corrected chi connectivity index (χ0v) is 18.3. The monoisotopic (exact) mass is 429 g/mol. The molecule has 2 N–H and O–H groups in total. The standard InChI is InChI=1S/C26H27N3O3/c1-19-11-12-20(2)24(15-19)28-25(30)13-14-26(31)29-27-17-22-9-6-10-23(16-22)32-18-21-7-4-3-5-8-21/h3-12,15-17H,13-14,18H2,1-2H3,(H,28,30)(H,29,31)/b27-17+. The van der Waals surface area contributed by atoms with Crippen molar-refractivity contribution in [2.75, 3.05) is 5.32 Å². The van der Waals surface area contributed by atoms with E-state index in [-0.39, 0.29) is 24.7 Å². The van der Waals surface area contributed by atoms with Gasteiger partial charge in [0.05, 0.1) is 6.21 Å². The zero-order chi connectivity index (χ0) is 22.8. The minimum atomic E-state index is -0.325. The van der Waals surface area contributed by atoms with Gasteiger partial charge in [0.1, 0.15) is 12.4 Å². The molecule has 0 saturated carbocycles. The van der Waals surface area contributed by atoms with Gasteiger partial charge in [-0.2, -0.15) is 5.10 Å². The maximum absolute atomic E-state index is 12.1. The van der Waals surface area contributed by atoms with Gasteiger partial charge in [-0.05, 0) is 54.3 Å². The van der Waals surface area contributed by atoms with Crippen LogP contribution in [0.3, 0.4) is 0 Å². The Morgan fingerprint density at radius 2 is 1.69 bits per heavy atom. The van der Waals surface area contributed by atoms with Crippen molar-refractivity contribution in [1.82, 2.24) is 5.43 Å². The van der Waals surface area contributed by atoms with E-state index in [1.807, 2.05) is 86.6 Å². The summed E-state index contributed by atoms with van der Waals surface area (Å²) < 4.78 is 5.80. The molecule has 0 unspecified atom stereocenters. The molecule has 0 aliphatic heterocycles. The van der Waals surface area contributed by atoms with Gasteiger partial charge in [-0.15, -0.1) is 0 Å². The van der Waals surface area contributed by atoms with Gasteiger partial charge in [-0.3, -0.25) is 9.59 Å². The number of benzene rings is 3. The lowest BCUT2D eigenvalue weighted by atomic mass is 10.1. The molecule has 0 saturated heterocycles.